The van der Waals surface area contributed by atoms with Crippen molar-refractivity contribution in [3.63, 3.8) is 0 Å². The monoisotopic (exact) mass is 1310 g/mol. The third kappa shape index (κ3) is 62.0. The van der Waals surface area contributed by atoms with Crippen molar-refractivity contribution >= 4 is 39.5 Å². The van der Waals surface area contributed by atoms with E-state index >= 15 is 0 Å². The number of phosphoric acid groups is 2. The van der Waals surface area contributed by atoms with Crippen LogP contribution in [0.1, 0.15) is 344 Å². The minimum Gasteiger partial charge on any atom is -0.462 e. The Morgan fingerprint density at radius 2 is 0.539 bits per heavy atom. The van der Waals surface area contributed by atoms with Crippen LogP contribution in [0, 0.1) is 23.7 Å². The molecule has 0 amide bonds. The van der Waals surface area contributed by atoms with E-state index in [0.29, 0.717) is 25.7 Å². The number of esters is 4. The van der Waals surface area contributed by atoms with Gasteiger partial charge in [-0.05, 0) is 49.4 Å². The summed E-state index contributed by atoms with van der Waals surface area (Å²) in [5, 5.41) is 10.6. The maximum Gasteiger partial charge on any atom is 0.472 e. The van der Waals surface area contributed by atoms with E-state index in [4.69, 9.17) is 37.0 Å². The van der Waals surface area contributed by atoms with Gasteiger partial charge in [-0.3, -0.25) is 37.3 Å². The molecule has 0 rings (SSSR count). The fraction of sp³-hybridized carbons (Fsp3) is 0.943. The van der Waals surface area contributed by atoms with Gasteiger partial charge in [-0.25, -0.2) is 9.13 Å². The largest absolute Gasteiger partial charge is 0.472 e. The number of aliphatic hydroxyl groups is 1. The van der Waals surface area contributed by atoms with E-state index in [1.165, 1.54) is 135 Å². The minimum atomic E-state index is -4.95. The molecule has 0 aliphatic rings. The number of phosphoric ester groups is 2. The van der Waals surface area contributed by atoms with Gasteiger partial charge in [0, 0.05) is 25.7 Å². The lowest BCUT2D eigenvalue weighted by molar-refractivity contribution is -0.161. The van der Waals surface area contributed by atoms with Gasteiger partial charge in [0.05, 0.1) is 26.4 Å². The quantitative estimate of drug-likeness (QED) is 0.0222. The summed E-state index contributed by atoms with van der Waals surface area (Å²) in [6.45, 7) is 14.1. The topological polar surface area (TPSA) is 237 Å². The number of hydrogen-bond acceptors (Lipinski definition) is 15. The highest BCUT2D eigenvalue weighted by molar-refractivity contribution is 7.47. The van der Waals surface area contributed by atoms with E-state index in [1.807, 2.05) is 0 Å². The van der Waals surface area contributed by atoms with Crippen LogP contribution in [-0.4, -0.2) is 96.7 Å². The average molecular weight is 1310 g/mol. The molecule has 0 aliphatic carbocycles. The van der Waals surface area contributed by atoms with Gasteiger partial charge < -0.3 is 33.8 Å². The second kappa shape index (κ2) is 59.8. The normalized spacial score (nSPS) is 14.9. The number of carbonyl (C=O) groups excluding carboxylic acids is 4. The zero-order chi connectivity index (χ0) is 66.1. The van der Waals surface area contributed by atoms with Crippen molar-refractivity contribution < 1.29 is 80.2 Å². The summed E-state index contributed by atoms with van der Waals surface area (Å²) in [5.41, 5.74) is 0. The van der Waals surface area contributed by atoms with E-state index in [1.54, 1.807) is 0 Å². The Kier molecular flexibility index (Phi) is 58.5. The molecule has 0 bridgehead atoms. The highest BCUT2D eigenvalue weighted by Gasteiger charge is 2.30. The van der Waals surface area contributed by atoms with Crippen molar-refractivity contribution in [1.82, 2.24) is 0 Å². The number of aliphatic hydroxyl groups excluding tert-OH is 1. The van der Waals surface area contributed by atoms with Gasteiger partial charge in [-0.2, -0.15) is 0 Å². The molecule has 0 spiro atoms. The number of hydrogen-bond donors (Lipinski definition) is 3. The summed E-state index contributed by atoms with van der Waals surface area (Å²) in [6, 6.07) is 0. The Morgan fingerprint density at radius 1 is 0.315 bits per heavy atom. The number of rotatable bonds is 67. The van der Waals surface area contributed by atoms with Crippen LogP contribution in [0.3, 0.4) is 0 Å². The Morgan fingerprint density at radius 3 is 0.798 bits per heavy atom. The second-order valence-electron chi connectivity index (χ2n) is 26.7. The molecule has 3 N–H and O–H groups in total. The van der Waals surface area contributed by atoms with Crippen LogP contribution < -0.4 is 0 Å². The molecule has 0 saturated carbocycles. The molecule has 0 saturated heterocycles. The molecule has 0 aromatic heterocycles. The molecular weight excluding hydrogens is 1170 g/mol. The van der Waals surface area contributed by atoms with E-state index in [0.717, 1.165) is 126 Å². The molecule has 0 fully saturated rings. The SMILES string of the molecule is CCC(C)CCCCCCCCC(=O)OC[C@H](COP(=O)(O)OC[C@H](O)COP(=O)(O)OC[C@@H](COC(=O)CCCCCCCCC(C)CC)OC(=O)CCCCCCCCCCCCCC(C)C)OC(=O)CCCCCCCCCCCCCCC(C)C. The van der Waals surface area contributed by atoms with Crippen molar-refractivity contribution in [2.75, 3.05) is 39.6 Å². The first-order chi connectivity index (χ1) is 42.7. The summed E-state index contributed by atoms with van der Waals surface area (Å²) in [7, 11) is -9.90. The average Bonchev–Trinajstić information content (AvgIpc) is 3.70. The van der Waals surface area contributed by atoms with Gasteiger partial charge in [-0.1, -0.05) is 293 Å². The zero-order valence-electron chi connectivity index (χ0n) is 58.1. The van der Waals surface area contributed by atoms with Crippen molar-refractivity contribution in [2.24, 2.45) is 23.7 Å². The van der Waals surface area contributed by atoms with Crippen LogP contribution in [0.25, 0.3) is 0 Å². The summed E-state index contributed by atoms with van der Waals surface area (Å²) in [4.78, 5) is 72.5. The van der Waals surface area contributed by atoms with Gasteiger partial charge in [0.25, 0.3) is 0 Å². The van der Waals surface area contributed by atoms with Gasteiger partial charge in [0.1, 0.15) is 19.3 Å². The predicted octanol–water partition coefficient (Wildman–Crippen LogP) is 19.7. The molecule has 7 atom stereocenters. The third-order valence-electron chi connectivity index (χ3n) is 16.8. The number of ether oxygens (including phenoxy) is 4. The maximum absolute atomic E-state index is 13.0. The van der Waals surface area contributed by atoms with E-state index in [-0.39, 0.29) is 25.7 Å². The van der Waals surface area contributed by atoms with Crippen LogP contribution in [0.5, 0.6) is 0 Å². The first-order valence-corrected chi connectivity index (χ1v) is 39.3. The first kappa shape index (κ1) is 87.1. The van der Waals surface area contributed by atoms with E-state index < -0.39 is 97.5 Å². The molecule has 17 nitrogen and oxygen atoms in total. The smallest absolute Gasteiger partial charge is 0.462 e. The standard InChI is InChI=1S/C70H136O17P2/c1-9-62(7)48-40-32-26-28-34-42-50-67(72)80-56-65(86-69(74)52-44-36-24-20-16-12-11-14-18-22-30-38-46-60(3)4)58-84-88(76,77)82-54-64(71)55-83-89(78,79)85-59-66(57-81-68(73)51-43-35-29-27-33-41-49-63(8)10-2)87-70(75)53-45-37-25-21-17-13-15-19-23-31-39-47-61(5)6/h60-66,71H,9-59H2,1-8H3,(H,76,77)(H,78,79)/t62?,63?,64-,65+,66+/m0/s1. The van der Waals surface area contributed by atoms with Crippen LogP contribution in [0.15, 0.2) is 0 Å². The lowest BCUT2D eigenvalue weighted by Gasteiger charge is -2.21. The molecule has 0 radical (unpaired) electrons. The lowest BCUT2D eigenvalue weighted by Crippen LogP contribution is -2.30. The molecule has 0 aromatic rings. The number of unbranched alkanes of at least 4 members (excludes halogenated alkanes) is 31. The molecule has 89 heavy (non-hydrogen) atoms. The first-order valence-electron chi connectivity index (χ1n) is 36.3. The summed E-state index contributed by atoms with van der Waals surface area (Å²) < 4.78 is 68.3. The lowest BCUT2D eigenvalue weighted by atomic mass is 10.00. The van der Waals surface area contributed by atoms with Crippen LogP contribution in [0.4, 0.5) is 0 Å². The fourth-order valence-electron chi connectivity index (χ4n) is 10.4. The summed E-state index contributed by atoms with van der Waals surface area (Å²) >= 11 is 0. The molecule has 0 heterocycles. The maximum atomic E-state index is 13.0. The van der Waals surface area contributed by atoms with Gasteiger partial charge >= 0.3 is 39.5 Å². The molecule has 19 heteroatoms. The van der Waals surface area contributed by atoms with Gasteiger partial charge in [0.2, 0.25) is 0 Å². The highest BCUT2D eigenvalue weighted by atomic mass is 31.2. The van der Waals surface area contributed by atoms with Crippen LogP contribution in [0.2, 0.25) is 0 Å². The summed E-state index contributed by atoms with van der Waals surface area (Å²) in [6.07, 6.45) is 41.7. The van der Waals surface area contributed by atoms with E-state index in [2.05, 4.69) is 55.4 Å². The summed E-state index contributed by atoms with van der Waals surface area (Å²) in [5.74, 6) is 0.873. The Labute approximate surface area is 543 Å². The highest BCUT2D eigenvalue weighted by Crippen LogP contribution is 2.45. The fourth-order valence-corrected chi connectivity index (χ4v) is 12.0. The molecule has 4 unspecified atom stereocenters. The molecule has 0 aliphatic heterocycles. The van der Waals surface area contributed by atoms with E-state index in [9.17, 15) is 43.2 Å². The molecule has 0 aromatic carbocycles. The predicted molar refractivity (Wildman–Crippen MR) is 358 cm³/mol. The number of carbonyl (C=O) groups is 4. The van der Waals surface area contributed by atoms with Gasteiger partial charge in [0.15, 0.2) is 12.2 Å². The molecule has 528 valence electrons. The third-order valence-corrected chi connectivity index (χ3v) is 18.7. The minimum absolute atomic E-state index is 0.105. The van der Waals surface area contributed by atoms with Crippen LogP contribution >= 0.6 is 15.6 Å². The van der Waals surface area contributed by atoms with Crippen molar-refractivity contribution in [1.29, 1.82) is 0 Å². The van der Waals surface area contributed by atoms with Crippen LogP contribution in [-0.2, 0) is 65.4 Å². The van der Waals surface area contributed by atoms with Crippen molar-refractivity contribution in [3.8, 4) is 0 Å². The van der Waals surface area contributed by atoms with Crippen molar-refractivity contribution in [2.45, 2.75) is 363 Å². The Bertz CT molecular complexity index is 1770. The zero-order valence-corrected chi connectivity index (χ0v) is 59.8. The van der Waals surface area contributed by atoms with Gasteiger partial charge in [-0.15, -0.1) is 0 Å². The Hall–Kier alpha value is -1.94. The molecular formula is C70H136O17P2. The van der Waals surface area contributed by atoms with Crippen molar-refractivity contribution in [3.05, 3.63) is 0 Å². The Balaban J connectivity index is 5.26. The second-order valence-corrected chi connectivity index (χ2v) is 29.6.